The van der Waals surface area contributed by atoms with Crippen molar-refractivity contribution in [3.63, 3.8) is 0 Å². The maximum Gasteiger partial charge on any atom is 0.253 e. The number of carbonyl (C=O) groups is 1. The first kappa shape index (κ1) is 15.1. The zero-order chi connectivity index (χ0) is 15.2. The van der Waals surface area contributed by atoms with E-state index in [1.54, 1.807) is 12.1 Å². The predicted molar refractivity (Wildman–Crippen MR) is 84.1 cm³/mol. The lowest BCUT2D eigenvalue weighted by Gasteiger charge is -2.17. The summed E-state index contributed by atoms with van der Waals surface area (Å²) in [5.74, 6) is -0.258. The molecule has 2 rings (SSSR count). The zero-order valence-corrected chi connectivity index (χ0v) is 12.0. The van der Waals surface area contributed by atoms with E-state index in [9.17, 15) is 9.90 Å². The second-order valence-corrected chi connectivity index (χ2v) is 5.08. The Labute approximate surface area is 124 Å². The Hall–Kier alpha value is -2.33. The van der Waals surface area contributed by atoms with Gasteiger partial charge in [0.25, 0.3) is 5.91 Å². The van der Waals surface area contributed by atoms with E-state index in [0.717, 1.165) is 11.1 Å². The van der Waals surface area contributed by atoms with Gasteiger partial charge >= 0.3 is 0 Å². The normalized spacial score (nSPS) is 11.9. The monoisotopic (exact) mass is 284 g/mol. The largest absolute Gasteiger partial charge is 0.398 e. The zero-order valence-electron chi connectivity index (χ0n) is 12.0. The van der Waals surface area contributed by atoms with Crippen LogP contribution in [0.2, 0.25) is 0 Å². The van der Waals surface area contributed by atoms with Crippen LogP contribution in [0, 0.1) is 6.92 Å². The van der Waals surface area contributed by atoms with Gasteiger partial charge in [-0.15, -0.1) is 0 Å². The Balaban J connectivity index is 2.08. The molecule has 0 saturated heterocycles. The third kappa shape index (κ3) is 3.83. The number of nitrogens with one attached hydrogen (secondary N) is 1. The number of hydrogen-bond acceptors (Lipinski definition) is 3. The van der Waals surface area contributed by atoms with Crippen molar-refractivity contribution in [3.8, 4) is 0 Å². The molecule has 1 amide bonds. The summed E-state index contributed by atoms with van der Waals surface area (Å²) in [6, 6.07) is 14.8. The number of aliphatic hydroxyl groups is 1. The first-order chi connectivity index (χ1) is 10.1. The second-order valence-electron chi connectivity index (χ2n) is 5.08. The van der Waals surface area contributed by atoms with Crippen LogP contribution < -0.4 is 11.1 Å². The fourth-order valence-electron chi connectivity index (χ4n) is 2.20. The number of nitrogen functional groups attached to an aromatic ring is 1. The van der Waals surface area contributed by atoms with Crippen LogP contribution in [0.1, 0.15) is 21.5 Å². The van der Waals surface area contributed by atoms with Crippen LogP contribution in [0.4, 0.5) is 5.69 Å². The molecule has 0 saturated carbocycles. The Morgan fingerprint density at radius 2 is 1.90 bits per heavy atom. The van der Waals surface area contributed by atoms with Gasteiger partial charge in [0.2, 0.25) is 0 Å². The average molecular weight is 284 g/mol. The van der Waals surface area contributed by atoms with Gasteiger partial charge in [0.1, 0.15) is 0 Å². The van der Waals surface area contributed by atoms with Crippen molar-refractivity contribution < 1.29 is 9.90 Å². The number of rotatable bonds is 5. The number of nitrogens with two attached hydrogens (primary N) is 1. The van der Waals surface area contributed by atoms with Gasteiger partial charge in [-0.25, -0.2) is 0 Å². The van der Waals surface area contributed by atoms with Gasteiger partial charge in [0.15, 0.2) is 0 Å². The lowest BCUT2D eigenvalue weighted by Crippen LogP contribution is -2.39. The number of anilines is 1. The summed E-state index contributed by atoms with van der Waals surface area (Å²) in [5.41, 5.74) is 8.78. The highest BCUT2D eigenvalue weighted by Crippen LogP contribution is 2.16. The quantitative estimate of drug-likeness (QED) is 0.734. The Bertz CT molecular complexity index is 611. The molecule has 0 spiro atoms. The highest BCUT2D eigenvalue weighted by molar-refractivity contribution is 5.99. The molecule has 0 heterocycles. The van der Waals surface area contributed by atoms with Crippen molar-refractivity contribution in [1.82, 2.24) is 5.32 Å². The molecule has 0 aliphatic heterocycles. The molecule has 4 N–H and O–H groups in total. The standard InChI is InChI=1S/C17H20N2O2/c1-12-6-5-9-15(16(12)18)17(21)19-14(11-20)10-13-7-3-2-4-8-13/h2-9,14,20H,10-11,18H2,1H3,(H,19,21)/t14-/m0/s1. The molecule has 1 atom stereocenters. The van der Waals surface area contributed by atoms with Crippen LogP contribution in [0.3, 0.4) is 0 Å². The number of benzene rings is 2. The van der Waals surface area contributed by atoms with Crippen LogP contribution in [0.15, 0.2) is 48.5 Å². The van der Waals surface area contributed by atoms with Gasteiger partial charge in [-0.05, 0) is 30.5 Å². The second kappa shape index (κ2) is 6.90. The first-order valence-electron chi connectivity index (χ1n) is 6.92. The molecule has 4 nitrogen and oxygen atoms in total. The van der Waals surface area contributed by atoms with Crippen LogP contribution in [-0.2, 0) is 6.42 Å². The summed E-state index contributed by atoms with van der Waals surface area (Å²) in [6.07, 6.45) is 0.578. The van der Waals surface area contributed by atoms with E-state index < -0.39 is 0 Å². The first-order valence-corrected chi connectivity index (χ1v) is 6.92. The molecule has 0 aliphatic carbocycles. The van der Waals surface area contributed by atoms with E-state index in [-0.39, 0.29) is 18.6 Å². The highest BCUT2D eigenvalue weighted by atomic mass is 16.3. The lowest BCUT2D eigenvalue weighted by molar-refractivity contribution is 0.0917. The summed E-state index contributed by atoms with van der Waals surface area (Å²) >= 11 is 0. The smallest absolute Gasteiger partial charge is 0.253 e. The molecule has 0 bridgehead atoms. The number of carbonyl (C=O) groups excluding carboxylic acids is 1. The molecule has 0 fully saturated rings. The van der Waals surface area contributed by atoms with Crippen molar-refractivity contribution in [2.45, 2.75) is 19.4 Å². The minimum Gasteiger partial charge on any atom is -0.398 e. The van der Waals surface area contributed by atoms with Gasteiger partial charge in [-0.2, -0.15) is 0 Å². The molecule has 21 heavy (non-hydrogen) atoms. The minimum atomic E-state index is -0.334. The van der Waals surface area contributed by atoms with E-state index in [1.165, 1.54) is 0 Å². The van der Waals surface area contributed by atoms with Crippen LogP contribution in [-0.4, -0.2) is 23.7 Å². The summed E-state index contributed by atoms with van der Waals surface area (Å²) in [4.78, 5) is 12.3. The molecule has 2 aromatic rings. The topological polar surface area (TPSA) is 75.3 Å². The number of aliphatic hydroxyl groups excluding tert-OH is 1. The number of hydrogen-bond donors (Lipinski definition) is 3. The molecule has 0 radical (unpaired) electrons. The van der Waals surface area contributed by atoms with Crippen molar-refractivity contribution in [1.29, 1.82) is 0 Å². The molecule has 110 valence electrons. The fraction of sp³-hybridized carbons (Fsp3) is 0.235. The van der Waals surface area contributed by atoms with Crippen molar-refractivity contribution >= 4 is 11.6 Å². The third-order valence-corrected chi connectivity index (χ3v) is 3.45. The van der Waals surface area contributed by atoms with Gasteiger partial charge in [0.05, 0.1) is 18.2 Å². The lowest BCUT2D eigenvalue weighted by atomic mass is 10.0. The predicted octanol–water partition coefficient (Wildman–Crippen LogP) is 1.91. The van der Waals surface area contributed by atoms with Gasteiger partial charge in [-0.1, -0.05) is 42.5 Å². The third-order valence-electron chi connectivity index (χ3n) is 3.45. The fourth-order valence-corrected chi connectivity index (χ4v) is 2.20. The Morgan fingerprint density at radius 3 is 2.57 bits per heavy atom. The number of aryl methyl sites for hydroxylation is 1. The number of para-hydroxylation sites is 1. The van der Waals surface area contributed by atoms with Crippen molar-refractivity contribution in [2.75, 3.05) is 12.3 Å². The molecule has 2 aromatic carbocycles. The maximum atomic E-state index is 12.3. The Kier molecular flexibility index (Phi) is 4.95. The van der Waals surface area contributed by atoms with Crippen LogP contribution >= 0.6 is 0 Å². The summed E-state index contributed by atoms with van der Waals surface area (Å²) in [5, 5.41) is 12.3. The van der Waals surface area contributed by atoms with E-state index in [2.05, 4.69) is 5.32 Å². The Morgan fingerprint density at radius 1 is 1.19 bits per heavy atom. The average Bonchev–Trinajstić information content (AvgIpc) is 2.50. The van der Waals surface area contributed by atoms with Gasteiger partial charge in [-0.3, -0.25) is 4.79 Å². The minimum absolute atomic E-state index is 0.119. The van der Waals surface area contributed by atoms with E-state index in [4.69, 9.17) is 5.73 Å². The summed E-state index contributed by atoms with van der Waals surface area (Å²) in [7, 11) is 0. The molecular weight excluding hydrogens is 264 g/mol. The van der Waals surface area contributed by atoms with Gasteiger partial charge < -0.3 is 16.2 Å². The van der Waals surface area contributed by atoms with Crippen LogP contribution in [0.25, 0.3) is 0 Å². The van der Waals surface area contributed by atoms with E-state index in [0.29, 0.717) is 17.7 Å². The van der Waals surface area contributed by atoms with Crippen molar-refractivity contribution in [2.24, 2.45) is 0 Å². The molecule has 0 unspecified atom stereocenters. The molecule has 0 aromatic heterocycles. The van der Waals surface area contributed by atoms with Crippen LogP contribution in [0.5, 0.6) is 0 Å². The SMILES string of the molecule is Cc1cccc(C(=O)N[C@H](CO)Cc2ccccc2)c1N. The highest BCUT2D eigenvalue weighted by Gasteiger charge is 2.16. The van der Waals surface area contributed by atoms with E-state index in [1.807, 2.05) is 43.3 Å². The summed E-state index contributed by atoms with van der Waals surface area (Å²) in [6.45, 7) is 1.74. The van der Waals surface area contributed by atoms with Crippen molar-refractivity contribution in [3.05, 3.63) is 65.2 Å². The molecule has 0 aliphatic rings. The van der Waals surface area contributed by atoms with E-state index >= 15 is 0 Å². The molecular formula is C17H20N2O2. The maximum absolute atomic E-state index is 12.3. The van der Waals surface area contributed by atoms with Gasteiger partial charge in [0, 0.05) is 5.69 Å². The number of amides is 1. The molecule has 4 heteroatoms. The summed E-state index contributed by atoms with van der Waals surface area (Å²) < 4.78 is 0.